The van der Waals surface area contributed by atoms with E-state index in [1.165, 1.54) is 26.1 Å². The Morgan fingerprint density at radius 3 is 2.88 bits per heavy atom. The Balaban J connectivity index is 1.76. The fraction of sp³-hybridized carbons (Fsp3) is 1.00. The lowest BCUT2D eigenvalue weighted by atomic mass is 9.93. The summed E-state index contributed by atoms with van der Waals surface area (Å²) in [5, 5.41) is 3.53. The molecule has 3 nitrogen and oxygen atoms in total. The van der Waals surface area contributed by atoms with E-state index in [1.807, 2.05) is 0 Å². The average Bonchev–Trinajstić information content (AvgIpc) is 2.84. The first-order chi connectivity index (χ1) is 7.86. The minimum absolute atomic E-state index is 0.797. The van der Waals surface area contributed by atoms with Gasteiger partial charge in [0, 0.05) is 25.7 Å². The molecule has 0 aromatic carbocycles. The first-order valence-corrected chi connectivity index (χ1v) is 6.89. The van der Waals surface area contributed by atoms with Crippen LogP contribution in [0.25, 0.3) is 0 Å². The van der Waals surface area contributed by atoms with Crippen molar-refractivity contribution in [2.75, 3.05) is 39.4 Å². The number of fused-ring (bicyclic) bond motifs is 1. The van der Waals surface area contributed by atoms with Gasteiger partial charge in [-0.2, -0.15) is 0 Å². The van der Waals surface area contributed by atoms with Crippen LogP contribution in [0.1, 0.15) is 26.7 Å². The van der Waals surface area contributed by atoms with Gasteiger partial charge in [0.2, 0.25) is 0 Å². The van der Waals surface area contributed by atoms with E-state index in [0.29, 0.717) is 0 Å². The lowest BCUT2D eigenvalue weighted by Crippen LogP contribution is -2.37. The smallest absolute Gasteiger partial charge is 0.0593 e. The number of rotatable bonds is 6. The standard InChI is InChI=1S/C13H26N2O/c1-3-6-16-7-5-15-10-11-8-14-9-12(11)13(15)4-2/h11-14H,3-10H2,1-2H3. The van der Waals surface area contributed by atoms with Crippen molar-refractivity contribution >= 4 is 0 Å². The molecule has 94 valence electrons. The molecule has 2 fully saturated rings. The van der Waals surface area contributed by atoms with Crippen LogP contribution in [0.5, 0.6) is 0 Å². The zero-order valence-corrected chi connectivity index (χ0v) is 10.7. The second kappa shape index (κ2) is 5.99. The highest BCUT2D eigenvalue weighted by atomic mass is 16.5. The molecule has 2 saturated heterocycles. The summed E-state index contributed by atoms with van der Waals surface area (Å²) >= 11 is 0. The molecule has 0 spiro atoms. The number of likely N-dealkylation sites (tertiary alicyclic amines) is 1. The maximum Gasteiger partial charge on any atom is 0.0593 e. The van der Waals surface area contributed by atoms with E-state index in [2.05, 4.69) is 24.1 Å². The zero-order valence-electron chi connectivity index (χ0n) is 10.7. The normalized spacial score (nSPS) is 34.5. The Kier molecular flexibility index (Phi) is 4.62. The monoisotopic (exact) mass is 226 g/mol. The molecule has 2 heterocycles. The Morgan fingerprint density at radius 1 is 1.25 bits per heavy atom. The minimum atomic E-state index is 0.797. The van der Waals surface area contributed by atoms with Crippen molar-refractivity contribution in [3.05, 3.63) is 0 Å². The summed E-state index contributed by atoms with van der Waals surface area (Å²) in [6.45, 7) is 11.2. The molecular weight excluding hydrogens is 200 g/mol. The van der Waals surface area contributed by atoms with Crippen molar-refractivity contribution in [3.63, 3.8) is 0 Å². The summed E-state index contributed by atoms with van der Waals surface area (Å²) < 4.78 is 5.60. The van der Waals surface area contributed by atoms with Gasteiger partial charge in [0.25, 0.3) is 0 Å². The van der Waals surface area contributed by atoms with E-state index >= 15 is 0 Å². The number of nitrogens with one attached hydrogen (secondary N) is 1. The molecule has 2 aliphatic rings. The molecule has 3 unspecified atom stereocenters. The first kappa shape index (κ1) is 12.3. The van der Waals surface area contributed by atoms with Crippen LogP contribution in [0.4, 0.5) is 0 Å². The van der Waals surface area contributed by atoms with E-state index in [4.69, 9.17) is 4.74 Å². The van der Waals surface area contributed by atoms with Gasteiger partial charge >= 0.3 is 0 Å². The molecule has 0 radical (unpaired) electrons. The fourth-order valence-electron chi connectivity index (χ4n) is 3.36. The van der Waals surface area contributed by atoms with Crippen molar-refractivity contribution in [2.45, 2.75) is 32.7 Å². The van der Waals surface area contributed by atoms with Gasteiger partial charge in [0.1, 0.15) is 0 Å². The van der Waals surface area contributed by atoms with Crippen LogP contribution in [0.2, 0.25) is 0 Å². The lowest BCUT2D eigenvalue weighted by Gasteiger charge is -2.26. The topological polar surface area (TPSA) is 24.5 Å². The predicted molar refractivity (Wildman–Crippen MR) is 66.6 cm³/mol. The number of hydrogen-bond donors (Lipinski definition) is 1. The van der Waals surface area contributed by atoms with Crippen molar-refractivity contribution in [1.29, 1.82) is 0 Å². The van der Waals surface area contributed by atoms with Crippen LogP contribution in [0.15, 0.2) is 0 Å². The molecule has 16 heavy (non-hydrogen) atoms. The summed E-state index contributed by atoms with van der Waals surface area (Å²) in [6, 6.07) is 0.797. The Hall–Kier alpha value is -0.120. The molecule has 0 saturated carbocycles. The third-order valence-electron chi connectivity index (χ3n) is 4.11. The van der Waals surface area contributed by atoms with Gasteiger partial charge in [-0.3, -0.25) is 4.90 Å². The van der Waals surface area contributed by atoms with Gasteiger partial charge in [-0.1, -0.05) is 13.8 Å². The minimum Gasteiger partial charge on any atom is -0.380 e. The molecule has 0 aromatic rings. The molecule has 3 heteroatoms. The second-order valence-electron chi connectivity index (χ2n) is 5.17. The number of nitrogens with zero attached hydrogens (tertiary/aromatic N) is 1. The third kappa shape index (κ3) is 2.58. The van der Waals surface area contributed by atoms with E-state index in [-0.39, 0.29) is 0 Å². The molecule has 2 rings (SSSR count). The van der Waals surface area contributed by atoms with Crippen LogP contribution in [0, 0.1) is 11.8 Å². The summed E-state index contributed by atoms with van der Waals surface area (Å²) in [6.07, 6.45) is 2.42. The summed E-state index contributed by atoms with van der Waals surface area (Å²) in [5.41, 5.74) is 0. The number of ether oxygens (including phenoxy) is 1. The van der Waals surface area contributed by atoms with Gasteiger partial charge in [-0.25, -0.2) is 0 Å². The van der Waals surface area contributed by atoms with E-state index < -0.39 is 0 Å². The van der Waals surface area contributed by atoms with Crippen LogP contribution < -0.4 is 5.32 Å². The third-order valence-corrected chi connectivity index (χ3v) is 4.11. The van der Waals surface area contributed by atoms with Crippen LogP contribution in [-0.4, -0.2) is 50.3 Å². The van der Waals surface area contributed by atoms with Crippen LogP contribution in [-0.2, 0) is 4.74 Å². The predicted octanol–water partition coefficient (Wildman–Crippen LogP) is 1.34. The van der Waals surface area contributed by atoms with Crippen LogP contribution >= 0.6 is 0 Å². The maximum absolute atomic E-state index is 5.60. The first-order valence-electron chi connectivity index (χ1n) is 6.89. The largest absolute Gasteiger partial charge is 0.380 e. The van der Waals surface area contributed by atoms with Gasteiger partial charge in [-0.15, -0.1) is 0 Å². The Labute approximate surface area is 99.5 Å². The highest BCUT2D eigenvalue weighted by Crippen LogP contribution is 2.33. The summed E-state index contributed by atoms with van der Waals surface area (Å²) in [5.74, 6) is 1.80. The molecular formula is C13H26N2O. The fourth-order valence-corrected chi connectivity index (χ4v) is 3.36. The quantitative estimate of drug-likeness (QED) is 0.692. The SMILES string of the molecule is CCCOCCN1CC2CNCC2C1CC. The van der Waals surface area contributed by atoms with Gasteiger partial charge in [0.05, 0.1) is 6.61 Å². The molecule has 0 amide bonds. The molecule has 0 aromatic heterocycles. The summed E-state index contributed by atoms with van der Waals surface area (Å²) in [7, 11) is 0. The Bertz CT molecular complexity index is 210. The van der Waals surface area contributed by atoms with E-state index in [9.17, 15) is 0 Å². The van der Waals surface area contributed by atoms with Gasteiger partial charge in [-0.05, 0) is 37.8 Å². The maximum atomic E-state index is 5.60. The molecule has 0 aliphatic carbocycles. The van der Waals surface area contributed by atoms with Crippen LogP contribution in [0.3, 0.4) is 0 Å². The van der Waals surface area contributed by atoms with E-state index in [1.54, 1.807) is 0 Å². The van der Waals surface area contributed by atoms with Crippen molar-refractivity contribution in [1.82, 2.24) is 10.2 Å². The zero-order chi connectivity index (χ0) is 11.4. The highest BCUT2D eigenvalue weighted by Gasteiger charge is 2.42. The lowest BCUT2D eigenvalue weighted by molar-refractivity contribution is 0.0942. The summed E-state index contributed by atoms with van der Waals surface area (Å²) in [4.78, 5) is 2.66. The average molecular weight is 226 g/mol. The molecule has 1 N–H and O–H groups in total. The van der Waals surface area contributed by atoms with Crippen molar-refractivity contribution in [2.24, 2.45) is 11.8 Å². The van der Waals surface area contributed by atoms with Crippen molar-refractivity contribution < 1.29 is 4.74 Å². The van der Waals surface area contributed by atoms with Gasteiger partial charge < -0.3 is 10.1 Å². The molecule has 0 bridgehead atoms. The molecule has 3 atom stereocenters. The Morgan fingerprint density at radius 2 is 2.12 bits per heavy atom. The number of hydrogen-bond acceptors (Lipinski definition) is 3. The molecule has 2 aliphatic heterocycles. The van der Waals surface area contributed by atoms with Crippen molar-refractivity contribution in [3.8, 4) is 0 Å². The van der Waals surface area contributed by atoms with E-state index in [0.717, 1.165) is 44.1 Å². The second-order valence-corrected chi connectivity index (χ2v) is 5.17. The highest BCUT2D eigenvalue weighted by molar-refractivity contribution is 4.97. The van der Waals surface area contributed by atoms with Gasteiger partial charge in [0.15, 0.2) is 0 Å².